The lowest BCUT2D eigenvalue weighted by atomic mass is 10.1. The van der Waals surface area contributed by atoms with Gasteiger partial charge in [0.2, 0.25) is 11.7 Å². The fraction of sp³-hybridized carbons (Fsp3) is 0.316. The highest BCUT2D eigenvalue weighted by atomic mass is 16.5. The smallest absolute Gasteiger partial charge is 0.227 e. The number of carbonyl (C=O) groups excluding carboxylic acids is 1. The minimum Gasteiger partial charge on any atom is -0.493 e. The van der Waals surface area contributed by atoms with Gasteiger partial charge in [0, 0.05) is 19.2 Å². The van der Waals surface area contributed by atoms with Gasteiger partial charge in [-0.1, -0.05) is 18.2 Å². The van der Waals surface area contributed by atoms with E-state index >= 15 is 0 Å². The summed E-state index contributed by atoms with van der Waals surface area (Å²) in [6.45, 7) is 0. The van der Waals surface area contributed by atoms with Crippen molar-refractivity contribution >= 4 is 11.6 Å². The normalized spacial score (nSPS) is 10.2. The van der Waals surface area contributed by atoms with Crippen LogP contribution in [-0.4, -0.2) is 34.3 Å². The summed E-state index contributed by atoms with van der Waals surface area (Å²) >= 11 is 0. The number of carbonyl (C=O) groups is 1. The molecule has 0 aliphatic carbocycles. The van der Waals surface area contributed by atoms with Crippen molar-refractivity contribution in [2.45, 2.75) is 12.8 Å². The molecule has 0 radical (unpaired) electrons. The van der Waals surface area contributed by atoms with E-state index in [4.69, 9.17) is 14.2 Å². The van der Waals surface area contributed by atoms with Crippen molar-refractivity contribution in [1.82, 2.24) is 0 Å². The molecule has 0 aliphatic rings. The first-order valence-electron chi connectivity index (χ1n) is 7.71. The van der Waals surface area contributed by atoms with Crippen LogP contribution in [0.15, 0.2) is 42.5 Å². The van der Waals surface area contributed by atoms with Gasteiger partial charge in [0.25, 0.3) is 0 Å². The van der Waals surface area contributed by atoms with Crippen LogP contribution < -0.4 is 19.1 Å². The molecule has 0 bridgehead atoms. The van der Waals surface area contributed by atoms with E-state index in [0.717, 1.165) is 11.3 Å². The third-order valence-electron chi connectivity index (χ3n) is 3.87. The molecule has 0 saturated carbocycles. The SMILES string of the molecule is COc1cc(CCC(=O)N(C)c2ccccc2)cc(OC)c1OC. The minimum atomic E-state index is 0.0509. The molecule has 1 amide bonds. The van der Waals surface area contributed by atoms with Crippen molar-refractivity contribution < 1.29 is 19.0 Å². The van der Waals surface area contributed by atoms with Gasteiger partial charge >= 0.3 is 0 Å². The Morgan fingerprint density at radius 3 is 2.04 bits per heavy atom. The maximum absolute atomic E-state index is 12.4. The molecule has 0 saturated heterocycles. The van der Waals surface area contributed by atoms with Gasteiger partial charge in [0.05, 0.1) is 21.3 Å². The van der Waals surface area contributed by atoms with Gasteiger partial charge in [-0.2, -0.15) is 0 Å². The predicted octanol–water partition coefficient (Wildman–Crippen LogP) is 3.31. The zero-order valence-electron chi connectivity index (χ0n) is 14.5. The highest BCUT2D eigenvalue weighted by molar-refractivity contribution is 5.92. The average molecular weight is 329 g/mol. The average Bonchev–Trinajstić information content (AvgIpc) is 2.65. The summed E-state index contributed by atoms with van der Waals surface area (Å²) in [7, 11) is 6.51. The van der Waals surface area contributed by atoms with Crippen LogP contribution in [0, 0.1) is 0 Å². The van der Waals surface area contributed by atoms with Crippen molar-refractivity contribution in [1.29, 1.82) is 0 Å². The summed E-state index contributed by atoms with van der Waals surface area (Å²) in [5.41, 5.74) is 1.84. The third-order valence-corrected chi connectivity index (χ3v) is 3.87. The number of amides is 1. The van der Waals surface area contributed by atoms with Gasteiger partial charge in [-0.15, -0.1) is 0 Å². The minimum absolute atomic E-state index is 0.0509. The van der Waals surface area contributed by atoms with E-state index in [0.29, 0.717) is 30.1 Å². The summed E-state index contributed by atoms with van der Waals surface area (Å²) in [6, 6.07) is 13.3. The van der Waals surface area contributed by atoms with Crippen molar-refractivity contribution in [2.75, 3.05) is 33.3 Å². The van der Waals surface area contributed by atoms with Crippen LogP contribution >= 0.6 is 0 Å². The number of ether oxygens (including phenoxy) is 3. The molecule has 5 heteroatoms. The molecule has 24 heavy (non-hydrogen) atoms. The summed E-state index contributed by atoms with van der Waals surface area (Å²) < 4.78 is 16.0. The van der Waals surface area contributed by atoms with Crippen LogP contribution in [0.2, 0.25) is 0 Å². The molecule has 0 heterocycles. The first-order valence-corrected chi connectivity index (χ1v) is 7.71. The van der Waals surface area contributed by atoms with Crippen LogP contribution in [0.25, 0.3) is 0 Å². The summed E-state index contributed by atoms with van der Waals surface area (Å²) in [6.07, 6.45) is 0.983. The molecule has 2 aromatic carbocycles. The Bertz CT molecular complexity index is 660. The standard InChI is InChI=1S/C19H23NO4/c1-20(15-8-6-5-7-9-15)18(21)11-10-14-12-16(22-2)19(24-4)17(13-14)23-3/h5-9,12-13H,10-11H2,1-4H3. The molecular weight excluding hydrogens is 306 g/mol. The Balaban J connectivity index is 2.10. The number of aryl methyl sites for hydroxylation is 1. The monoisotopic (exact) mass is 329 g/mol. The lowest BCUT2D eigenvalue weighted by Crippen LogP contribution is -2.26. The quantitative estimate of drug-likeness (QED) is 0.782. The van der Waals surface area contributed by atoms with E-state index in [9.17, 15) is 4.79 Å². The molecule has 128 valence electrons. The van der Waals surface area contributed by atoms with Crippen LogP contribution in [0.3, 0.4) is 0 Å². The van der Waals surface area contributed by atoms with Crippen molar-refractivity contribution in [3.8, 4) is 17.2 Å². The van der Waals surface area contributed by atoms with E-state index in [-0.39, 0.29) is 5.91 Å². The van der Waals surface area contributed by atoms with Crippen LogP contribution in [0.4, 0.5) is 5.69 Å². The molecule has 0 aliphatic heterocycles. The molecule has 0 atom stereocenters. The molecule has 5 nitrogen and oxygen atoms in total. The molecule has 0 spiro atoms. The van der Waals surface area contributed by atoms with E-state index in [2.05, 4.69) is 0 Å². The van der Waals surface area contributed by atoms with Gasteiger partial charge in [0.15, 0.2) is 11.5 Å². The third kappa shape index (κ3) is 3.98. The fourth-order valence-corrected chi connectivity index (χ4v) is 2.49. The van der Waals surface area contributed by atoms with Crippen molar-refractivity contribution in [3.63, 3.8) is 0 Å². The largest absolute Gasteiger partial charge is 0.493 e. The van der Waals surface area contributed by atoms with Gasteiger partial charge in [-0.25, -0.2) is 0 Å². The number of nitrogens with zero attached hydrogens (tertiary/aromatic N) is 1. The predicted molar refractivity (Wildman–Crippen MR) is 94.3 cm³/mol. The molecule has 2 rings (SSSR count). The lowest BCUT2D eigenvalue weighted by molar-refractivity contribution is -0.118. The van der Waals surface area contributed by atoms with Gasteiger partial charge in [-0.3, -0.25) is 4.79 Å². The highest BCUT2D eigenvalue weighted by Gasteiger charge is 2.15. The van der Waals surface area contributed by atoms with Gasteiger partial charge < -0.3 is 19.1 Å². The second-order valence-corrected chi connectivity index (χ2v) is 5.32. The van der Waals surface area contributed by atoms with Crippen LogP contribution in [-0.2, 0) is 11.2 Å². The Morgan fingerprint density at radius 1 is 0.958 bits per heavy atom. The van der Waals surface area contributed by atoms with E-state index in [1.54, 1.807) is 33.3 Å². The molecule has 0 aromatic heterocycles. The Hall–Kier alpha value is -2.69. The maximum Gasteiger partial charge on any atom is 0.227 e. The molecule has 0 N–H and O–H groups in total. The zero-order chi connectivity index (χ0) is 17.5. The molecular formula is C19H23NO4. The number of para-hydroxylation sites is 1. The second kappa shape index (κ2) is 8.24. The summed E-state index contributed by atoms with van der Waals surface area (Å²) in [5, 5.41) is 0. The lowest BCUT2D eigenvalue weighted by Gasteiger charge is -2.18. The summed E-state index contributed by atoms with van der Waals surface area (Å²) in [5.74, 6) is 1.79. The van der Waals surface area contributed by atoms with E-state index < -0.39 is 0 Å². The van der Waals surface area contributed by atoms with Crippen LogP contribution in [0.5, 0.6) is 17.2 Å². The topological polar surface area (TPSA) is 48.0 Å². The number of rotatable bonds is 7. The van der Waals surface area contributed by atoms with E-state index in [1.807, 2.05) is 42.5 Å². The van der Waals surface area contributed by atoms with Gasteiger partial charge in [-0.05, 0) is 36.2 Å². The zero-order valence-corrected chi connectivity index (χ0v) is 14.5. The van der Waals surface area contributed by atoms with Gasteiger partial charge in [0.1, 0.15) is 0 Å². The van der Waals surface area contributed by atoms with Crippen molar-refractivity contribution in [2.24, 2.45) is 0 Å². The second-order valence-electron chi connectivity index (χ2n) is 5.32. The van der Waals surface area contributed by atoms with E-state index in [1.165, 1.54) is 0 Å². The number of hydrogen-bond acceptors (Lipinski definition) is 4. The molecule has 2 aromatic rings. The Morgan fingerprint density at radius 2 is 1.54 bits per heavy atom. The first kappa shape index (κ1) is 17.7. The Kier molecular flexibility index (Phi) is 6.07. The summed E-state index contributed by atoms with van der Waals surface area (Å²) in [4.78, 5) is 14.1. The number of anilines is 1. The molecule has 0 fully saturated rings. The number of benzene rings is 2. The molecule has 0 unspecified atom stereocenters. The Labute approximate surface area is 142 Å². The maximum atomic E-state index is 12.4. The van der Waals surface area contributed by atoms with Crippen molar-refractivity contribution in [3.05, 3.63) is 48.0 Å². The first-order chi connectivity index (χ1) is 11.6. The fourth-order valence-electron chi connectivity index (χ4n) is 2.49. The van der Waals surface area contributed by atoms with Crippen LogP contribution in [0.1, 0.15) is 12.0 Å². The number of hydrogen-bond donors (Lipinski definition) is 0. The highest BCUT2D eigenvalue weighted by Crippen LogP contribution is 2.38. The number of methoxy groups -OCH3 is 3.